The van der Waals surface area contributed by atoms with Crippen molar-refractivity contribution < 1.29 is 4.79 Å². The van der Waals surface area contributed by atoms with Crippen LogP contribution in [0.3, 0.4) is 0 Å². The molecule has 0 atom stereocenters. The Balaban J connectivity index is 2.50. The topological polar surface area (TPSA) is 73.8 Å². The van der Waals surface area contributed by atoms with E-state index in [9.17, 15) is 4.79 Å². The van der Waals surface area contributed by atoms with Gasteiger partial charge in [-0.2, -0.15) is 0 Å². The van der Waals surface area contributed by atoms with E-state index in [2.05, 4.69) is 9.97 Å². The number of carbonyl (C=O) groups is 1. The summed E-state index contributed by atoms with van der Waals surface area (Å²) in [7, 11) is 0. The van der Waals surface area contributed by atoms with Gasteiger partial charge in [0.15, 0.2) is 0 Å². The van der Waals surface area contributed by atoms with Crippen molar-refractivity contribution in [3.8, 4) is 5.69 Å². The predicted octanol–water partition coefficient (Wildman–Crippen LogP) is 0.675. The van der Waals surface area contributed by atoms with Gasteiger partial charge in [-0.1, -0.05) is 0 Å². The molecule has 2 heterocycles. The Kier molecular flexibility index (Phi) is 2.21. The first-order valence-electron chi connectivity index (χ1n) is 4.44. The minimum atomic E-state index is -0.533. The zero-order valence-corrected chi connectivity index (χ0v) is 8.21. The maximum atomic E-state index is 10.9. The standard InChI is InChI=1S/C10H10N4O/c1-7-12-4-5-14(7)8-2-3-13-9(6-8)10(11)15/h2-6H,1H3,(H2,11,15). The zero-order chi connectivity index (χ0) is 10.8. The molecule has 0 unspecified atom stereocenters. The predicted molar refractivity (Wildman–Crippen MR) is 54.6 cm³/mol. The Labute approximate surface area is 86.6 Å². The van der Waals surface area contributed by atoms with E-state index in [0.717, 1.165) is 11.5 Å². The van der Waals surface area contributed by atoms with Crippen molar-refractivity contribution >= 4 is 5.91 Å². The smallest absolute Gasteiger partial charge is 0.267 e. The average molecular weight is 202 g/mol. The van der Waals surface area contributed by atoms with Crippen LogP contribution in [0, 0.1) is 6.92 Å². The lowest BCUT2D eigenvalue weighted by atomic mass is 10.3. The second-order valence-corrected chi connectivity index (χ2v) is 3.11. The van der Waals surface area contributed by atoms with Gasteiger partial charge in [-0.3, -0.25) is 9.78 Å². The van der Waals surface area contributed by atoms with Crippen molar-refractivity contribution in [3.05, 3.63) is 42.2 Å². The minimum absolute atomic E-state index is 0.251. The molecule has 0 saturated heterocycles. The van der Waals surface area contributed by atoms with E-state index >= 15 is 0 Å². The first-order valence-corrected chi connectivity index (χ1v) is 4.44. The Hall–Kier alpha value is -2.17. The van der Waals surface area contributed by atoms with Crippen molar-refractivity contribution in [3.63, 3.8) is 0 Å². The van der Waals surface area contributed by atoms with Crippen LogP contribution in [0.1, 0.15) is 16.3 Å². The normalized spacial score (nSPS) is 10.2. The van der Waals surface area contributed by atoms with Crippen molar-refractivity contribution in [1.82, 2.24) is 14.5 Å². The summed E-state index contributed by atoms with van der Waals surface area (Å²) in [5.74, 6) is 0.311. The Morgan fingerprint density at radius 3 is 2.80 bits per heavy atom. The molecule has 5 nitrogen and oxygen atoms in total. The largest absolute Gasteiger partial charge is 0.364 e. The molecule has 0 aliphatic rings. The Morgan fingerprint density at radius 1 is 1.40 bits per heavy atom. The average Bonchev–Trinajstić information content (AvgIpc) is 2.64. The molecule has 0 saturated carbocycles. The highest BCUT2D eigenvalue weighted by atomic mass is 16.1. The lowest BCUT2D eigenvalue weighted by Crippen LogP contribution is -2.13. The van der Waals surface area contributed by atoms with Gasteiger partial charge in [-0.15, -0.1) is 0 Å². The number of pyridine rings is 1. The molecule has 2 aromatic rings. The third-order valence-electron chi connectivity index (χ3n) is 2.10. The number of carbonyl (C=O) groups excluding carboxylic acids is 1. The number of rotatable bonds is 2. The van der Waals surface area contributed by atoms with Crippen LogP contribution in [0.25, 0.3) is 5.69 Å². The van der Waals surface area contributed by atoms with Gasteiger partial charge < -0.3 is 10.3 Å². The fraction of sp³-hybridized carbons (Fsp3) is 0.100. The number of nitrogens with two attached hydrogens (primary N) is 1. The van der Waals surface area contributed by atoms with Gasteiger partial charge in [-0.25, -0.2) is 4.98 Å². The van der Waals surface area contributed by atoms with Crippen molar-refractivity contribution in [2.24, 2.45) is 5.73 Å². The molecule has 0 radical (unpaired) electrons. The third-order valence-corrected chi connectivity index (χ3v) is 2.10. The lowest BCUT2D eigenvalue weighted by molar-refractivity contribution is 0.0995. The third kappa shape index (κ3) is 1.71. The van der Waals surface area contributed by atoms with Crippen LogP contribution < -0.4 is 5.73 Å². The fourth-order valence-corrected chi connectivity index (χ4v) is 1.35. The van der Waals surface area contributed by atoms with Crippen LogP contribution in [0.5, 0.6) is 0 Å². The number of amides is 1. The summed E-state index contributed by atoms with van der Waals surface area (Å²) < 4.78 is 1.86. The fourth-order valence-electron chi connectivity index (χ4n) is 1.35. The molecule has 2 rings (SSSR count). The van der Waals surface area contributed by atoms with E-state index in [1.165, 1.54) is 0 Å². The van der Waals surface area contributed by atoms with E-state index in [-0.39, 0.29) is 5.69 Å². The molecule has 0 bridgehead atoms. The van der Waals surface area contributed by atoms with E-state index in [1.807, 2.05) is 17.7 Å². The molecule has 2 aromatic heterocycles. The Morgan fingerprint density at radius 2 is 2.20 bits per heavy atom. The molecule has 0 fully saturated rings. The summed E-state index contributed by atoms with van der Waals surface area (Å²) in [6, 6.07) is 3.43. The first kappa shape index (κ1) is 9.39. The minimum Gasteiger partial charge on any atom is -0.364 e. The molecule has 0 spiro atoms. The van der Waals surface area contributed by atoms with Gasteiger partial charge in [0, 0.05) is 18.6 Å². The summed E-state index contributed by atoms with van der Waals surface area (Å²) in [5, 5.41) is 0. The summed E-state index contributed by atoms with van der Waals surface area (Å²) in [4.78, 5) is 18.9. The van der Waals surface area contributed by atoms with E-state index in [4.69, 9.17) is 5.73 Å². The molecule has 76 valence electrons. The molecule has 5 heteroatoms. The molecule has 0 aliphatic heterocycles. The molecular formula is C10H10N4O. The molecule has 15 heavy (non-hydrogen) atoms. The summed E-state index contributed by atoms with van der Waals surface area (Å²) in [6.45, 7) is 1.88. The maximum absolute atomic E-state index is 10.9. The highest BCUT2D eigenvalue weighted by molar-refractivity contribution is 5.91. The van der Waals surface area contributed by atoms with Crippen molar-refractivity contribution in [2.75, 3.05) is 0 Å². The van der Waals surface area contributed by atoms with Gasteiger partial charge in [0.1, 0.15) is 11.5 Å². The highest BCUT2D eigenvalue weighted by Crippen LogP contribution is 2.10. The van der Waals surface area contributed by atoms with Gasteiger partial charge in [0.2, 0.25) is 0 Å². The molecule has 1 amide bonds. The molecule has 0 aromatic carbocycles. The van der Waals surface area contributed by atoms with Crippen LogP contribution in [-0.4, -0.2) is 20.4 Å². The molecule has 2 N–H and O–H groups in total. The van der Waals surface area contributed by atoms with Crippen LogP contribution >= 0.6 is 0 Å². The zero-order valence-electron chi connectivity index (χ0n) is 8.21. The van der Waals surface area contributed by atoms with Gasteiger partial charge in [0.05, 0.1) is 5.69 Å². The SMILES string of the molecule is Cc1nccn1-c1ccnc(C(N)=O)c1. The number of imidazole rings is 1. The summed E-state index contributed by atoms with van der Waals surface area (Å²) >= 11 is 0. The quantitative estimate of drug-likeness (QED) is 0.778. The number of aromatic nitrogens is 3. The number of nitrogens with zero attached hydrogens (tertiary/aromatic N) is 3. The number of primary amides is 1. The van der Waals surface area contributed by atoms with E-state index in [0.29, 0.717) is 0 Å². The van der Waals surface area contributed by atoms with E-state index in [1.54, 1.807) is 24.5 Å². The van der Waals surface area contributed by atoms with Gasteiger partial charge >= 0.3 is 0 Å². The van der Waals surface area contributed by atoms with Crippen molar-refractivity contribution in [2.45, 2.75) is 6.92 Å². The first-order chi connectivity index (χ1) is 7.18. The van der Waals surface area contributed by atoms with Crippen LogP contribution in [0.2, 0.25) is 0 Å². The van der Waals surface area contributed by atoms with Crippen LogP contribution in [-0.2, 0) is 0 Å². The second-order valence-electron chi connectivity index (χ2n) is 3.11. The van der Waals surface area contributed by atoms with Crippen LogP contribution in [0.15, 0.2) is 30.7 Å². The van der Waals surface area contributed by atoms with Gasteiger partial charge in [-0.05, 0) is 19.1 Å². The summed E-state index contributed by atoms with van der Waals surface area (Å²) in [6.07, 6.45) is 5.06. The maximum Gasteiger partial charge on any atom is 0.267 e. The monoisotopic (exact) mass is 202 g/mol. The number of aryl methyl sites for hydroxylation is 1. The van der Waals surface area contributed by atoms with Crippen LogP contribution in [0.4, 0.5) is 0 Å². The Bertz CT molecular complexity index is 504. The number of hydrogen-bond acceptors (Lipinski definition) is 3. The molecular weight excluding hydrogens is 192 g/mol. The summed E-state index contributed by atoms with van der Waals surface area (Å²) in [5.41, 5.74) is 6.23. The highest BCUT2D eigenvalue weighted by Gasteiger charge is 2.05. The second kappa shape index (κ2) is 3.53. The van der Waals surface area contributed by atoms with E-state index < -0.39 is 5.91 Å². The number of hydrogen-bond donors (Lipinski definition) is 1. The molecule has 0 aliphatic carbocycles. The van der Waals surface area contributed by atoms with Crippen molar-refractivity contribution in [1.29, 1.82) is 0 Å². The van der Waals surface area contributed by atoms with Gasteiger partial charge in [0.25, 0.3) is 5.91 Å². The lowest BCUT2D eigenvalue weighted by Gasteiger charge is -2.05.